The van der Waals surface area contributed by atoms with Gasteiger partial charge in [-0.1, -0.05) is 232 Å². The fourth-order valence-electron chi connectivity index (χ4n) is 16.3. The Morgan fingerprint density at radius 1 is 0.227 bits per heavy atom. The molecule has 16 aromatic rings. The molecule has 2 aliphatic rings. The van der Waals surface area contributed by atoms with Crippen molar-refractivity contribution in [3.05, 3.63) is 468 Å². The average Bonchev–Trinajstić information content (AvgIpc) is 1.54. The van der Waals surface area contributed by atoms with Gasteiger partial charge in [0.1, 0.15) is 46.3 Å². The van der Waals surface area contributed by atoms with Crippen LogP contribution in [0.25, 0.3) is 67.8 Å². The van der Waals surface area contributed by atoms with Gasteiger partial charge in [0.25, 0.3) is 0 Å². The Kier molecular flexibility index (Phi) is 17.5. The first kappa shape index (κ1) is 67.8. The largest absolute Gasteiger partial charge is 0.457 e. The lowest BCUT2D eigenvalue weighted by Crippen LogP contribution is -2.28. The minimum absolute atomic E-state index is 0.300. The fraction of sp³-hybridized carbons (Fsp3) is 0.0196. The van der Waals surface area contributed by atoms with Crippen LogP contribution in [0.4, 0.5) is 51.7 Å². The van der Waals surface area contributed by atoms with Crippen LogP contribution >= 0.6 is 0 Å². The molecule has 0 N–H and O–H groups in total. The number of hydrogen-bond acceptors (Lipinski definition) is 4. The minimum atomic E-state index is -0.901. The van der Waals surface area contributed by atoms with Gasteiger partial charge in [0.2, 0.25) is 0 Å². The second-order valence-corrected chi connectivity index (χ2v) is 27.7. The third-order valence-electron chi connectivity index (χ3n) is 21.6. The van der Waals surface area contributed by atoms with Crippen LogP contribution in [0.3, 0.4) is 0 Å². The Balaban J connectivity index is 0.736. The highest BCUT2D eigenvalue weighted by molar-refractivity contribution is 5.93. The average molecular weight is 1430 g/mol. The van der Waals surface area contributed by atoms with E-state index in [1.54, 1.807) is 60.7 Å². The van der Waals surface area contributed by atoms with Crippen LogP contribution < -0.4 is 19.3 Å². The zero-order valence-corrected chi connectivity index (χ0v) is 59.6. The lowest BCUT2D eigenvalue weighted by molar-refractivity contribution is 0.482. The Hall–Kier alpha value is -14.1. The molecular weight excluding hydrogens is 1360 g/mol. The fourth-order valence-corrected chi connectivity index (χ4v) is 16.3. The van der Waals surface area contributed by atoms with Gasteiger partial charge in [-0.15, -0.1) is 0 Å². The lowest BCUT2D eigenvalue weighted by Gasteiger charge is -2.35. The quantitative estimate of drug-likeness (QED) is 0.0754. The molecule has 0 spiro atoms. The predicted octanol–water partition coefficient (Wildman–Crippen LogP) is 27.8. The maximum absolute atomic E-state index is 15.3. The summed E-state index contributed by atoms with van der Waals surface area (Å²) in [6, 6.07) is 123. The summed E-state index contributed by atoms with van der Waals surface area (Å²) in [5.74, 6) is 1.48. The van der Waals surface area contributed by atoms with E-state index in [2.05, 4.69) is 229 Å². The van der Waals surface area contributed by atoms with Crippen LogP contribution in [-0.2, 0) is 10.8 Å². The van der Waals surface area contributed by atoms with Crippen molar-refractivity contribution in [1.82, 2.24) is 0 Å². The van der Waals surface area contributed by atoms with Crippen molar-refractivity contribution < 1.29 is 27.0 Å². The predicted molar refractivity (Wildman–Crippen MR) is 440 cm³/mol. The van der Waals surface area contributed by atoms with E-state index in [4.69, 9.17) is 9.47 Å². The van der Waals surface area contributed by atoms with Gasteiger partial charge in [0.15, 0.2) is 0 Å². The van der Waals surface area contributed by atoms with Crippen LogP contribution in [0.1, 0.15) is 55.6 Å². The zero-order valence-electron chi connectivity index (χ0n) is 59.6. The van der Waals surface area contributed by atoms with Crippen LogP contribution in [0.2, 0.25) is 0 Å². The molecule has 4 nitrogen and oxygen atoms in total. The molecule has 0 saturated heterocycles. The molecule has 0 heterocycles. The van der Waals surface area contributed by atoms with E-state index in [9.17, 15) is 8.78 Å². The van der Waals surface area contributed by atoms with Gasteiger partial charge in [-0.3, -0.25) is 0 Å². The second kappa shape index (κ2) is 28.3. The van der Waals surface area contributed by atoms with Crippen molar-refractivity contribution in [1.29, 1.82) is 0 Å². The second-order valence-electron chi connectivity index (χ2n) is 27.7. The molecule has 8 heteroatoms. The monoisotopic (exact) mass is 1430 g/mol. The Morgan fingerprint density at radius 3 is 0.736 bits per heavy atom. The number of fused-ring (bicyclic) bond motifs is 6. The number of rotatable bonds is 19. The topological polar surface area (TPSA) is 24.9 Å². The minimum Gasteiger partial charge on any atom is -0.457 e. The summed E-state index contributed by atoms with van der Waals surface area (Å²) in [6.07, 6.45) is 3.61. The van der Waals surface area contributed by atoms with Crippen molar-refractivity contribution in [2.45, 2.75) is 10.8 Å². The summed E-state index contributed by atoms with van der Waals surface area (Å²) >= 11 is 0. The third kappa shape index (κ3) is 12.2. The van der Waals surface area contributed by atoms with Crippen molar-refractivity contribution in [2.75, 3.05) is 9.80 Å². The number of halogens is 4. The molecule has 0 saturated carbocycles. The molecule has 0 bridgehead atoms. The van der Waals surface area contributed by atoms with Crippen molar-refractivity contribution >= 4 is 46.3 Å². The lowest BCUT2D eigenvalue weighted by atomic mass is 9.67. The summed E-state index contributed by atoms with van der Waals surface area (Å²) in [4.78, 5) is 4.53. The molecule has 0 radical (unpaired) electrons. The molecule has 0 aliphatic heterocycles. The Bertz CT molecular complexity index is 5710. The molecule has 0 aromatic heterocycles. The smallest absolute Gasteiger partial charge is 0.127 e. The molecule has 110 heavy (non-hydrogen) atoms. The van der Waals surface area contributed by atoms with Gasteiger partial charge < -0.3 is 19.3 Å². The van der Waals surface area contributed by atoms with E-state index >= 15 is 8.78 Å². The van der Waals surface area contributed by atoms with E-state index in [1.807, 2.05) is 97.1 Å². The summed E-state index contributed by atoms with van der Waals surface area (Å²) < 4.78 is 72.0. The molecule has 0 fully saturated rings. The van der Waals surface area contributed by atoms with Crippen LogP contribution in [-0.4, -0.2) is 0 Å². The van der Waals surface area contributed by atoms with Crippen LogP contribution in [0.15, 0.2) is 389 Å². The summed E-state index contributed by atoms with van der Waals surface area (Å²) in [6.45, 7) is 7.82. The normalized spacial score (nSPS) is 14.3. The SMILES string of the molecule is C=Cc1ccc(Oc2ccc(C3(c4ccc(F)cc4)c4ccccc4-c4ccc(N(c5ccc(-c6ccc(F)cc6)cc5)c5ccc(-c6ccc(N(c7ccc(-c8ccc(F)cc8)cc7)c7ccc8c(c7)C(c7ccc(F)cc7)(c7ccc(Oc9ccc(C=C)cc9)cc7)c7ccccc7-8)cc6)cc5)cc43)cc2)cc1. The molecule has 2 atom stereocenters. The van der Waals surface area contributed by atoms with Gasteiger partial charge >= 0.3 is 0 Å². The molecule has 18 rings (SSSR count). The molecule has 2 unspecified atom stereocenters. The number of anilines is 6. The number of ether oxygens (including phenoxy) is 2. The van der Waals surface area contributed by atoms with Crippen LogP contribution in [0, 0.1) is 23.3 Å². The molecular formula is C102H68F4N2O2. The van der Waals surface area contributed by atoms with Gasteiger partial charge in [0.05, 0.1) is 10.8 Å². The molecule has 2 aliphatic carbocycles. The van der Waals surface area contributed by atoms with E-state index in [1.165, 1.54) is 24.3 Å². The van der Waals surface area contributed by atoms with Crippen molar-refractivity contribution in [3.8, 4) is 78.6 Å². The highest BCUT2D eigenvalue weighted by Gasteiger charge is 2.48. The van der Waals surface area contributed by atoms with Crippen molar-refractivity contribution in [2.24, 2.45) is 0 Å². The highest BCUT2D eigenvalue weighted by atomic mass is 19.1. The van der Waals surface area contributed by atoms with E-state index < -0.39 is 10.8 Å². The first-order chi connectivity index (χ1) is 54.0. The van der Waals surface area contributed by atoms with E-state index in [0.29, 0.717) is 23.0 Å². The molecule has 0 amide bonds. The van der Waals surface area contributed by atoms with Crippen molar-refractivity contribution in [3.63, 3.8) is 0 Å². The Morgan fingerprint density at radius 2 is 0.455 bits per heavy atom. The zero-order chi connectivity index (χ0) is 74.5. The standard InChI is InChI=1S/C102H68F4N2O2/c1-3-67-13-55-89(56-14-67)109-91-59-33-77(34-60-91)101(75-29-41-81(105)42-30-75)97-11-7-5-9-93(97)95-63-53-87(65-99(95)101)107(83-45-21-71(22-46-83)69-17-37-79(103)38-18-69)85-49-25-73(26-50-85)74-27-51-86(52-28-74)108(84-47-23-72(24-48-84)70-19-39-80(104)40-20-70)88-54-64-96-94-10-6-8-12-98(94)102(100(96)66-88,76-31-43-82(106)44-32-76)78-35-61-92(62-36-78)110-90-57-15-68(4-2)16-58-90/h3-66H,1-2H2. The Labute approximate surface area is 636 Å². The maximum atomic E-state index is 15.3. The van der Waals surface area contributed by atoms with E-state index in [-0.39, 0.29) is 23.3 Å². The third-order valence-corrected chi connectivity index (χ3v) is 21.6. The van der Waals surface area contributed by atoms with E-state index in [0.717, 1.165) is 145 Å². The summed E-state index contributed by atoms with van der Waals surface area (Å²) in [7, 11) is 0. The number of nitrogens with zero attached hydrogens (tertiary/aromatic N) is 2. The maximum Gasteiger partial charge on any atom is 0.127 e. The number of benzene rings is 16. The first-order valence-corrected chi connectivity index (χ1v) is 36.5. The molecule has 16 aromatic carbocycles. The molecule has 526 valence electrons. The summed E-state index contributed by atoms with van der Waals surface area (Å²) in [5.41, 5.74) is 23.4. The highest BCUT2D eigenvalue weighted by Crippen LogP contribution is 2.60. The van der Waals surface area contributed by atoms with Gasteiger partial charge in [0, 0.05) is 34.1 Å². The first-order valence-electron chi connectivity index (χ1n) is 36.5. The van der Waals surface area contributed by atoms with Gasteiger partial charge in [-0.25, -0.2) is 17.6 Å². The van der Waals surface area contributed by atoms with Crippen LogP contribution in [0.5, 0.6) is 23.0 Å². The van der Waals surface area contributed by atoms with Gasteiger partial charge in [-0.05, 0) is 281 Å². The number of hydrogen-bond donors (Lipinski definition) is 0. The van der Waals surface area contributed by atoms with Gasteiger partial charge in [-0.2, -0.15) is 0 Å². The summed E-state index contributed by atoms with van der Waals surface area (Å²) in [5, 5.41) is 0.